The summed E-state index contributed by atoms with van der Waals surface area (Å²) in [5.74, 6) is 0.477. The number of H-pyrrole nitrogens is 1. The van der Waals surface area contributed by atoms with Gasteiger partial charge in [0.05, 0.1) is 0 Å². The van der Waals surface area contributed by atoms with Gasteiger partial charge < -0.3 is 11.1 Å². The van der Waals surface area contributed by atoms with Gasteiger partial charge in [-0.05, 0) is 6.92 Å². The van der Waals surface area contributed by atoms with Gasteiger partial charge in [0.2, 0.25) is 5.95 Å². The van der Waals surface area contributed by atoms with E-state index < -0.39 is 0 Å². The van der Waals surface area contributed by atoms with Gasteiger partial charge in [-0.15, -0.1) is 0 Å². The molecule has 0 aliphatic rings. The standard InChI is InChI=1S/C7H12N4O/c1-5-4-6(12)11-7(10-5)9-3-2-8/h4H,2-3,8H2,1H3,(H2,9,10,11,12). The first-order valence-electron chi connectivity index (χ1n) is 3.74. The predicted molar refractivity (Wildman–Crippen MR) is 47.1 cm³/mol. The van der Waals surface area contributed by atoms with Crippen molar-refractivity contribution in [1.82, 2.24) is 9.97 Å². The number of anilines is 1. The third-order valence-electron chi connectivity index (χ3n) is 1.31. The predicted octanol–water partition coefficient (Wildman–Crippen LogP) is -0.551. The van der Waals surface area contributed by atoms with Gasteiger partial charge in [-0.2, -0.15) is 0 Å². The maximum absolute atomic E-state index is 10.9. The summed E-state index contributed by atoms with van der Waals surface area (Å²) < 4.78 is 0. The molecule has 0 saturated heterocycles. The highest BCUT2D eigenvalue weighted by atomic mass is 16.1. The van der Waals surface area contributed by atoms with Crippen molar-refractivity contribution in [2.75, 3.05) is 18.4 Å². The van der Waals surface area contributed by atoms with Crippen molar-refractivity contribution in [2.45, 2.75) is 6.92 Å². The average Bonchev–Trinajstić information content (AvgIpc) is 1.99. The Bertz CT molecular complexity index is 307. The fourth-order valence-corrected chi connectivity index (χ4v) is 0.853. The summed E-state index contributed by atoms with van der Waals surface area (Å²) >= 11 is 0. The molecule has 1 aromatic rings. The Morgan fingerprint density at radius 1 is 1.75 bits per heavy atom. The van der Waals surface area contributed by atoms with Gasteiger partial charge in [0.15, 0.2) is 0 Å². The minimum atomic E-state index is -0.151. The lowest BCUT2D eigenvalue weighted by Crippen LogP contribution is -2.18. The zero-order valence-electron chi connectivity index (χ0n) is 6.92. The van der Waals surface area contributed by atoms with Crippen molar-refractivity contribution >= 4 is 5.95 Å². The third kappa shape index (κ3) is 2.35. The molecule has 12 heavy (non-hydrogen) atoms. The molecule has 0 atom stereocenters. The minimum Gasteiger partial charge on any atom is -0.354 e. The zero-order valence-corrected chi connectivity index (χ0v) is 6.92. The summed E-state index contributed by atoms with van der Waals surface area (Å²) in [4.78, 5) is 17.5. The Balaban J connectivity index is 2.79. The quantitative estimate of drug-likeness (QED) is 0.565. The summed E-state index contributed by atoms with van der Waals surface area (Å²) in [5.41, 5.74) is 5.81. The Kier molecular flexibility index (Phi) is 2.82. The molecule has 66 valence electrons. The van der Waals surface area contributed by atoms with E-state index in [0.717, 1.165) is 0 Å². The van der Waals surface area contributed by atoms with Crippen LogP contribution in [0.3, 0.4) is 0 Å². The Labute approximate surface area is 70.0 Å². The van der Waals surface area contributed by atoms with Gasteiger partial charge in [-0.3, -0.25) is 9.78 Å². The SMILES string of the molecule is Cc1cc(=O)[nH]c(NCCN)n1. The van der Waals surface area contributed by atoms with E-state index in [4.69, 9.17) is 5.73 Å². The molecule has 0 fully saturated rings. The second-order valence-electron chi connectivity index (χ2n) is 2.45. The van der Waals surface area contributed by atoms with Gasteiger partial charge in [0, 0.05) is 24.8 Å². The van der Waals surface area contributed by atoms with Crippen LogP contribution in [0.25, 0.3) is 0 Å². The van der Waals surface area contributed by atoms with Crippen molar-refractivity contribution in [3.05, 3.63) is 22.1 Å². The molecular formula is C7H12N4O. The number of aromatic nitrogens is 2. The van der Waals surface area contributed by atoms with E-state index in [1.54, 1.807) is 6.92 Å². The molecule has 1 aromatic heterocycles. The topological polar surface area (TPSA) is 83.8 Å². The van der Waals surface area contributed by atoms with Gasteiger partial charge in [-0.25, -0.2) is 4.98 Å². The minimum absolute atomic E-state index is 0.151. The highest BCUT2D eigenvalue weighted by Gasteiger charge is 1.94. The second kappa shape index (κ2) is 3.87. The fraction of sp³-hybridized carbons (Fsp3) is 0.429. The summed E-state index contributed by atoms with van der Waals surface area (Å²) in [6.07, 6.45) is 0. The maximum atomic E-state index is 10.9. The number of hydrogen-bond donors (Lipinski definition) is 3. The number of rotatable bonds is 3. The highest BCUT2D eigenvalue weighted by molar-refractivity contribution is 5.24. The van der Waals surface area contributed by atoms with Crippen LogP contribution in [-0.2, 0) is 0 Å². The third-order valence-corrected chi connectivity index (χ3v) is 1.31. The number of nitrogens with zero attached hydrogens (tertiary/aromatic N) is 1. The molecule has 0 bridgehead atoms. The van der Waals surface area contributed by atoms with E-state index in [9.17, 15) is 4.79 Å². The Morgan fingerprint density at radius 3 is 3.08 bits per heavy atom. The van der Waals surface area contributed by atoms with E-state index in [-0.39, 0.29) is 5.56 Å². The van der Waals surface area contributed by atoms with Gasteiger partial charge in [0.1, 0.15) is 0 Å². The van der Waals surface area contributed by atoms with Crippen molar-refractivity contribution in [2.24, 2.45) is 5.73 Å². The monoisotopic (exact) mass is 168 g/mol. The molecule has 0 spiro atoms. The highest BCUT2D eigenvalue weighted by Crippen LogP contribution is 1.93. The molecular weight excluding hydrogens is 156 g/mol. The number of hydrogen-bond acceptors (Lipinski definition) is 4. The Hall–Kier alpha value is -1.36. The molecule has 0 amide bonds. The first-order valence-corrected chi connectivity index (χ1v) is 3.74. The molecule has 0 aromatic carbocycles. The smallest absolute Gasteiger partial charge is 0.252 e. The number of nitrogens with two attached hydrogens (primary N) is 1. The Morgan fingerprint density at radius 2 is 2.50 bits per heavy atom. The number of aromatic amines is 1. The van der Waals surface area contributed by atoms with Crippen molar-refractivity contribution < 1.29 is 0 Å². The molecule has 5 heteroatoms. The molecule has 0 aliphatic carbocycles. The molecule has 4 N–H and O–H groups in total. The van der Waals surface area contributed by atoms with Gasteiger partial charge >= 0.3 is 0 Å². The summed E-state index contributed by atoms with van der Waals surface area (Å²) in [7, 11) is 0. The number of nitrogens with one attached hydrogen (secondary N) is 2. The molecule has 0 saturated carbocycles. The molecule has 0 unspecified atom stereocenters. The first kappa shape index (κ1) is 8.73. The lowest BCUT2D eigenvalue weighted by atomic mass is 10.4. The summed E-state index contributed by atoms with van der Waals surface area (Å²) in [6.45, 7) is 2.88. The van der Waals surface area contributed by atoms with Crippen molar-refractivity contribution in [3.8, 4) is 0 Å². The van der Waals surface area contributed by atoms with E-state index in [0.29, 0.717) is 24.7 Å². The molecule has 5 nitrogen and oxygen atoms in total. The van der Waals surface area contributed by atoms with Crippen LogP contribution in [0.15, 0.2) is 10.9 Å². The van der Waals surface area contributed by atoms with Crippen LogP contribution in [0.4, 0.5) is 5.95 Å². The van der Waals surface area contributed by atoms with E-state index in [1.165, 1.54) is 6.07 Å². The van der Waals surface area contributed by atoms with Crippen LogP contribution >= 0.6 is 0 Å². The first-order chi connectivity index (χ1) is 5.72. The molecule has 0 radical (unpaired) electrons. The lowest BCUT2D eigenvalue weighted by molar-refractivity contribution is 0.969. The van der Waals surface area contributed by atoms with Crippen molar-refractivity contribution in [1.29, 1.82) is 0 Å². The normalized spacial score (nSPS) is 9.83. The van der Waals surface area contributed by atoms with Gasteiger partial charge in [-0.1, -0.05) is 0 Å². The number of aryl methyl sites for hydroxylation is 1. The zero-order chi connectivity index (χ0) is 8.97. The van der Waals surface area contributed by atoms with E-state index >= 15 is 0 Å². The van der Waals surface area contributed by atoms with Gasteiger partial charge in [0.25, 0.3) is 5.56 Å². The van der Waals surface area contributed by atoms with Crippen LogP contribution in [0.1, 0.15) is 5.69 Å². The van der Waals surface area contributed by atoms with Crippen LogP contribution in [0.2, 0.25) is 0 Å². The molecule has 1 rings (SSSR count). The van der Waals surface area contributed by atoms with E-state index in [1.807, 2.05) is 0 Å². The fourth-order valence-electron chi connectivity index (χ4n) is 0.853. The average molecular weight is 168 g/mol. The van der Waals surface area contributed by atoms with Crippen LogP contribution in [0.5, 0.6) is 0 Å². The second-order valence-corrected chi connectivity index (χ2v) is 2.45. The molecule has 0 aliphatic heterocycles. The largest absolute Gasteiger partial charge is 0.354 e. The van der Waals surface area contributed by atoms with Crippen LogP contribution in [0, 0.1) is 6.92 Å². The van der Waals surface area contributed by atoms with E-state index in [2.05, 4.69) is 15.3 Å². The van der Waals surface area contributed by atoms with Crippen LogP contribution < -0.4 is 16.6 Å². The molecule has 1 heterocycles. The van der Waals surface area contributed by atoms with Crippen LogP contribution in [-0.4, -0.2) is 23.1 Å². The summed E-state index contributed by atoms with van der Waals surface area (Å²) in [6, 6.07) is 1.44. The van der Waals surface area contributed by atoms with Crippen molar-refractivity contribution in [3.63, 3.8) is 0 Å². The summed E-state index contributed by atoms with van der Waals surface area (Å²) in [5, 5.41) is 2.88. The lowest BCUT2D eigenvalue weighted by Gasteiger charge is -2.02. The maximum Gasteiger partial charge on any atom is 0.252 e.